The van der Waals surface area contributed by atoms with E-state index in [1.54, 1.807) is 0 Å². The lowest BCUT2D eigenvalue weighted by molar-refractivity contribution is 0.246. The summed E-state index contributed by atoms with van der Waals surface area (Å²) < 4.78 is 0. The number of benzene rings is 1. The first-order chi connectivity index (χ1) is 8.29. The van der Waals surface area contributed by atoms with E-state index in [2.05, 4.69) is 36.1 Å². The number of nitrogens with zero attached hydrogens (tertiary/aromatic N) is 1. The lowest BCUT2D eigenvalue weighted by atomic mass is 9.99. The second kappa shape index (κ2) is 6.18. The highest BCUT2D eigenvalue weighted by molar-refractivity contribution is 5.28. The van der Waals surface area contributed by atoms with Crippen LogP contribution >= 0.6 is 0 Å². The average molecular weight is 232 g/mol. The van der Waals surface area contributed by atoms with Gasteiger partial charge in [0.1, 0.15) is 0 Å². The van der Waals surface area contributed by atoms with Gasteiger partial charge in [0.25, 0.3) is 0 Å². The van der Waals surface area contributed by atoms with Gasteiger partial charge in [-0.15, -0.1) is 0 Å². The van der Waals surface area contributed by atoms with Gasteiger partial charge in [0.2, 0.25) is 0 Å². The Hall–Kier alpha value is -0.860. The molecule has 0 saturated heterocycles. The molecular formula is C15H24N2. The molecule has 2 N–H and O–H groups in total. The average Bonchev–Trinajstić information content (AvgIpc) is 2.38. The number of hydrogen-bond donors (Lipinski definition) is 1. The van der Waals surface area contributed by atoms with Gasteiger partial charge in [-0.3, -0.25) is 4.90 Å². The first-order valence-electron chi connectivity index (χ1n) is 6.84. The molecule has 2 heteroatoms. The van der Waals surface area contributed by atoms with Gasteiger partial charge in [0.05, 0.1) is 0 Å². The summed E-state index contributed by atoms with van der Waals surface area (Å²) in [5, 5.41) is 0. The van der Waals surface area contributed by atoms with Crippen molar-refractivity contribution in [2.75, 3.05) is 13.1 Å². The van der Waals surface area contributed by atoms with Crippen LogP contribution in [0.3, 0.4) is 0 Å². The summed E-state index contributed by atoms with van der Waals surface area (Å²) in [6.45, 7) is 5.69. The number of rotatable bonds is 5. The maximum atomic E-state index is 5.95. The van der Waals surface area contributed by atoms with Crippen molar-refractivity contribution in [3.8, 4) is 0 Å². The molecule has 0 spiro atoms. The minimum Gasteiger partial charge on any atom is -0.328 e. The zero-order chi connectivity index (χ0) is 12.1. The molecule has 1 aliphatic rings. The Morgan fingerprint density at radius 3 is 2.82 bits per heavy atom. The molecule has 0 radical (unpaired) electrons. The number of fused-ring (bicyclic) bond motifs is 1. The minimum atomic E-state index is 0.395. The third-order valence-electron chi connectivity index (χ3n) is 3.78. The standard InChI is InChI=1S/C15H24N2/c1-2-15(16)8-5-10-17-11-9-13-6-3-4-7-14(13)12-17/h3-4,6-7,15H,2,5,8-12,16H2,1H3. The third kappa shape index (κ3) is 3.55. The molecule has 17 heavy (non-hydrogen) atoms. The summed E-state index contributed by atoms with van der Waals surface area (Å²) in [6.07, 6.45) is 4.70. The van der Waals surface area contributed by atoms with E-state index in [1.165, 1.54) is 37.1 Å². The van der Waals surface area contributed by atoms with Gasteiger partial charge in [0, 0.05) is 19.1 Å². The first-order valence-corrected chi connectivity index (χ1v) is 6.84. The highest BCUT2D eigenvalue weighted by Crippen LogP contribution is 2.18. The molecule has 1 unspecified atom stereocenters. The van der Waals surface area contributed by atoms with Gasteiger partial charge < -0.3 is 5.73 Å². The van der Waals surface area contributed by atoms with Gasteiger partial charge >= 0.3 is 0 Å². The van der Waals surface area contributed by atoms with Crippen molar-refractivity contribution in [1.29, 1.82) is 0 Å². The fourth-order valence-corrected chi connectivity index (χ4v) is 2.53. The second-order valence-corrected chi connectivity index (χ2v) is 5.11. The Kier molecular flexibility index (Phi) is 4.57. The molecule has 0 bridgehead atoms. The third-order valence-corrected chi connectivity index (χ3v) is 3.78. The molecule has 0 fully saturated rings. The van der Waals surface area contributed by atoms with Gasteiger partial charge in [-0.25, -0.2) is 0 Å². The Labute approximate surface area is 105 Å². The topological polar surface area (TPSA) is 29.3 Å². The fraction of sp³-hybridized carbons (Fsp3) is 0.600. The molecule has 1 atom stereocenters. The molecule has 1 aromatic carbocycles. The zero-order valence-electron chi connectivity index (χ0n) is 10.9. The Bertz CT molecular complexity index is 349. The molecule has 94 valence electrons. The van der Waals surface area contributed by atoms with Gasteiger partial charge in [0.15, 0.2) is 0 Å². The van der Waals surface area contributed by atoms with Crippen LogP contribution in [0.4, 0.5) is 0 Å². The number of nitrogens with two attached hydrogens (primary N) is 1. The van der Waals surface area contributed by atoms with Crippen LogP contribution < -0.4 is 5.73 Å². The smallest absolute Gasteiger partial charge is 0.0236 e. The van der Waals surface area contributed by atoms with Crippen LogP contribution in [0.25, 0.3) is 0 Å². The van der Waals surface area contributed by atoms with Gasteiger partial charge in [-0.05, 0) is 43.4 Å². The summed E-state index contributed by atoms with van der Waals surface area (Å²) in [7, 11) is 0. The molecule has 1 aliphatic heterocycles. The summed E-state index contributed by atoms with van der Waals surface area (Å²) in [6, 6.07) is 9.22. The maximum absolute atomic E-state index is 5.95. The molecule has 0 aliphatic carbocycles. The maximum Gasteiger partial charge on any atom is 0.0236 e. The van der Waals surface area contributed by atoms with Crippen molar-refractivity contribution < 1.29 is 0 Å². The van der Waals surface area contributed by atoms with E-state index in [0.29, 0.717) is 6.04 Å². The van der Waals surface area contributed by atoms with Crippen molar-refractivity contribution in [2.24, 2.45) is 5.73 Å². The minimum absolute atomic E-state index is 0.395. The Morgan fingerprint density at radius 2 is 2.06 bits per heavy atom. The van der Waals surface area contributed by atoms with Gasteiger partial charge in [-0.2, -0.15) is 0 Å². The summed E-state index contributed by atoms with van der Waals surface area (Å²) in [5.74, 6) is 0. The van der Waals surface area contributed by atoms with Crippen molar-refractivity contribution >= 4 is 0 Å². The van der Waals surface area contributed by atoms with Crippen molar-refractivity contribution in [3.63, 3.8) is 0 Å². The lowest BCUT2D eigenvalue weighted by Crippen LogP contribution is -2.32. The largest absolute Gasteiger partial charge is 0.328 e. The summed E-state index contributed by atoms with van der Waals surface area (Å²) in [4.78, 5) is 2.56. The van der Waals surface area contributed by atoms with Crippen LogP contribution in [0, 0.1) is 0 Å². The SMILES string of the molecule is CCC(N)CCCN1CCc2ccccc2C1. The van der Waals surface area contributed by atoms with Crippen LogP contribution in [-0.4, -0.2) is 24.0 Å². The van der Waals surface area contributed by atoms with Crippen LogP contribution in [0.15, 0.2) is 24.3 Å². The molecule has 1 heterocycles. The molecular weight excluding hydrogens is 208 g/mol. The second-order valence-electron chi connectivity index (χ2n) is 5.11. The van der Waals surface area contributed by atoms with Crippen LogP contribution in [-0.2, 0) is 13.0 Å². The summed E-state index contributed by atoms with van der Waals surface area (Å²) in [5.41, 5.74) is 9.00. The predicted octanol–water partition coefficient (Wildman–Crippen LogP) is 2.56. The monoisotopic (exact) mass is 232 g/mol. The Balaban J connectivity index is 1.78. The van der Waals surface area contributed by atoms with Crippen molar-refractivity contribution in [3.05, 3.63) is 35.4 Å². The van der Waals surface area contributed by atoms with E-state index in [9.17, 15) is 0 Å². The van der Waals surface area contributed by atoms with E-state index >= 15 is 0 Å². The number of hydrogen-bond acceptors (Lipinski definition) is 2. The normalized spacial score (nSPS) is 17.8. The molecule has 0 amide bonds. The lowest BCUT2D eigenvalue weighted by Gasteiger charge is -2.28. The molecule has 2 rings (SSSR count). The highest BCUT2D eigenvalue weighted by Gasteiger charge is 2.15. The van der Waals surface area contributed by atoms with E-state index in [4.69, 9.17) is 5.73 Å². The summed E-state index contributed by atoms with van der Waals surface area (Å²) >= 11 is 0. The zero-order valence-corrected chi connectivity index (χ0v) is 10.9. The first kappa shape index (κ1) is 12.6. The van der Waals surface area contributed by atoms with E-state index in [0.717, 1.165) is 19.4 Å². The van der Waals surface area contributed by atoms with Crippen LogP contribution in [0.2, 0.25) is 0 Å². The van der Waals surface area contributed by atoms with Crippen LogP contribution in [0.5, 0.6) is 0 Å². The van der Waals surface area contributed by atoms with E-state index in [1.807, 2.05) is 0 Å². The fourth-order valence-electron chi connectivity index (χ4n) is 2.53. The predicted molar refractivity (Wildman–Crippen MR) is 72.9 cm³/mol. The van der Waals surface area contributed by atoms with Crippen molar-refractivity contribution in [1.82, 2.24) is 4.90 Å². The van der Waals surface area contributed by atoms with E-state index < -0.39 is 0 Å². The van der Waals surface area contributed by atoms with Crippen molar-refractivity contribution in [2.45, 2.75) is 45.2 Å². The quantitative estimate of drug-likeness (QED) is 0.845. The van der Waals surface area contributed by atoms with Gasteiger partial charge in [-0.1, -0.05) is 31.2 Å². The highest BCUT2D eigenvalue weighted by atomic mass is 15.1. The molecule has 2 nitrogen and oxygen atoms in total. The van der Waals surface area contributed by atoms with Crippen LogP contribution in [0.1, 0.15) is 37.3 Å². The molecule has 1 aromatic rings. The Morgan fingerprint density at radius 1 is 1.29 bits per heavy atom. The molecule has 0 saturated carbocycles. The van der Waals surface area contributed by atoms with E-state index in [-0.39, 0.29) is 0 Å². The molecule has 0 aromatic heterocycles.